The largest absolute Gasteiger partial charge is 0.331 e. The number of nitrogens with zero attached hydrogens (tertiary/aromatic N) is 2. The molecule has 18 heavy (non-hydrogen) atoms. The van der Waals surface area contributed by atoms with Crippen molar-refractivity contribution in [2.75, 3.05) is 26.0 Å². The molecule has 1 aromatic rings. The number of rotatable bonds is 3. The Morgan fingerprint density at radius 3 is 2.56 bits per heavy atom. The predicted molar refractivity (Wildman–Crippen MR) is 70.0 cm³/mol. The van der Waals surface area contributed by atoms with Gasteiger partial charge >= 0.3 is 6.03 Å². The Hall–Kier alpha value is -1.53. The molecule has 0 saturated heterocycles. The van der Waals surface area contributed by atoms with Crippen LogP contribution in [0.5, 0.6) is 0 Å². The number of urea groups is 1. The smallest absolute Gasteiger partial charge is 0.317 e. The average molecular weight is 291 g/mol. The average Bonchev–Trinajstić information content (AvgIpc) is 2.29. The molecule has 1 rings (SSSR count). The Kier molecular flexibility index (Phi) is 5.18. The van der Waals surface area contributed by atoms with Crippen LogP contribution < -0.4 is 10.6 Å². The van der Waals surface area contributed by atoms with Crippen molar-refractivity contribution >= 4 is 40.8 Å². The van der Waals surface area contributed by atoms with Gasteiger partial charge in [0.05, 0.1) is 12.2 Å². The van der Waals surface area contributed by atoms with E-state index in [-0.39, 0.29) is 22.9 Å². The number of pyridine rings is 1. The first-order valence-corrected chi connectivity index (χ1v) is 5.73. The van der Waals surface area contributed by atoms with Gasteiger partial charge in [-0.1, -0.05) is 23.2 Å². The zero-order valence-electron chi connectivity index (χ0n) is 9.83. The lowest BCUT2D eigenvalue weighted by atomic mass is 10.4. The second-order valence-electron chi connectivity index (χ2n) is 3.57. The third kappa shape index (κ3) is 4.38. The first kappa shape index (κ1) is 14.5. The predicted octanol–water partition coefficient (Wildman–Crippen LogP) is 1.60. The first-order chi connectivity index (χ1) is 8.40. The summed E-state index contributed by atoms with van der Waals surface area (Å²) >= 11 is 11.4. The zero-order chi connectivity index (χ0) is 13.7. The third-order valence-electron chi connectivity index (χ3n) is 1.90. The molecule has 3 amide bonds. The van der Waals surface area contributed by atoms with Crippen molar-refractivity contribution in [3.05, 3.63) is 22.4 Å². The van der Waals surface area contributed by atoms with E-state index in [9.17, 15) is 9.59 Å². The summed E-state index contributed by atoms with van der Waals surface area (Å²) in [6.45, 7) is -0.157. The summed E-state index contributed by atoms with van der Waals surface area (Å²) in [5, 5.41) is 5.25. The van der Waals surface area contributed by atoms with Crippen LogP contribution in [0.3, 0.4) is 0 Å². The van der Waals surface area contributed by atoms with Gasteiger partial charge in [0.1, 0.15) is 5.15 Å². The van der Waals surface area contributed by atoms with Crippen molar-refractivity contribution in [3.8, 4) is 0 Å². The molecule has 6 nitrogen and oxygen atoms in total. The molecule has 1 heterocycles. The SMILES string of the molecule is CN(C)C(=O)NCC(=O)Nc1ccc(Cl)nc1Cl. The van der Waals surface area contributed by atoms with Gasteiger partial charge in [-0.05, 0) is 12.1 Å². The molecule has 0 aliphatic rings. The number of carbonyl (C=O) groups is 2. The lowest BCUT2D eigenvalue weighted by molar-refractivity contribution is -0.115. The van der Waals surface area contributed by atoms with Crippen LogP contribution in [0.4, 0.5) is 10.5 Å². The highest BCUT2D eigenvalue weighted by Gasteiger charge is 2.09. The normalized spacial score (nSPS) is 9.78. The summed E-state index contributed by atoms with van der Waals surface area (Å²) in [7, 11) is 3.15. The minimum atomic E-state index is -0.406. The molecule has 0 aliphatic carbocycles. The maximum Gasteiger partial charge on any atom is 0.317 e. The summed E-state index contributed by atoms with van der Waals surface area (Å²) in [5.74, 6) is -0.406. The van der Waals surface area contributed by atoms with Gasteiger partial charge in [0.25, 0.3) is 0 Å². The van der Waals surface area contributed by atoms with E-state index in [4.69, 9.17) is 23.2 Å². The second kappa shape index (κ2) is 6.42. The van der Waals surface area contributed by atoms with Crippen molar-refractivity contribution in [2.24, 2.45) is 0 Å². The molecule has 8 heteroatoms. The molecule has 2 N–H and O–H groups in total. The van der Waals surface area contributed by atoms with Crippen LogP contribution in [0.15, 0.2) is 12.1 Å². The van der Waals surface area contributed by atoms with E-state index in [0.29, 0.717) is 5.69 Å². The molecule has 0 saturated carbocycles. The van der Waals surface area contributed by atoms with E-state index in [2.05, 4.69) is 15.6 Å². The lowest BCUT2D eigenvalue weighted by Crippen LogP contribution is -2.39. The Morgan fingerprint density at radius 1 is 1.33 bits per heavy atom. The van der Waals surface area contributed by atoms with E-state index >= 15 is 0 Å². The minimum Gasteiger partial charge on any atom is -0.331 e. The molecule has 0 aromatic carbocycles. The van der Waals surface area contributed by atoms with Gasteiger partial charge < -0.3 is 15.5 Å². The van der Waals surface area contributed by atoms with E-state index in [0.717, 1.165) is 0 Å². The van der Waals surface area contributed by atoms with Gasteiger partial charge in [-0.15, -0.1) is 0 Å². The summed E-state index contributed by atoms with van der Waals surface area (Å²) in [6, 6.07) is 2.68. The summed E-state index contributed by atoms with van der Waals surface area (Å²) < 4.78 is 0. The Morgan fingerprint density at radius 2 is 2.00 bits per heavy atom. The Balaban J connectivity index is 2.52. The van der Waals surface area contributed by atoms with Crippen LogP contribution in [0.2, 0.25) is 10.3 Å². The van der Waals surface area contributed by atoms with Crippen LogP contribution in [0.1, 0.15) is 0 Å². The maximum absolute atomic E-state index is 11.5. The molecule has 0 unspecified atom stereocenters. The number of halogens is 2. The quantitative estimate of drug-likeness (QED) is 0.831. The molecule has 0 spiro atoms. The maximum atomic E-state index is 11.5. The molecular weight excluding hydrogens is 279 g/mol. The van der Waals surface area contributed by atoms with Crippen molar-refractivity contribution in [3.63, 3.8) is 0 Å². The monoisotopic (exact) mass is 290 g/mol. The molecule has 0 fully saturated rings. The van der Waals surface area contributed by atoms with Gasteiger partial charge in [-0.25, -0.2) is 9.78 Å². The topological polar surface area (TPSA) is 74.3 Å². The lowest BCUT2D eigenvalue weighted by Gasteiger charge is -2.12. The van der Waals surface area contributed by atoms with E-state index in [1.165, 1.54) is 17.0 Å². The molecule has 0 radical (unpaired) electrons. The first-order valence-electron chi connectivity index (χ1n) is 4.97. The molecule has 98 valence electrons. The number of hydrogen-bond acceptors (Lipinski definition) is 3. The number of carbonyl (C=O) groups excluding carboxylic acids is 2. The molecule has 0 aliphatic heterocycles. The van der Waals surface area contributed by atoms with Gasteiger partial charge in [0.2, 0.25) is 5.91 Å². The van der Waals surface area contributed by atoms with E-state index in [1.54, 1.807) is 14.1 Å². The van der Waals surface area contributed by atoms with Crippen molar-refractivity contribution in [1.82, 2.24) is 15.2 Å². The second-order valence-corrected chi connectivity index (χ2v) is 4.32. The molecular formula is C10H12Cl2N4O2. The summed E-state index contributed by atoms with van der Waals surface area (Å²) in [6.07, 6.45) is 0. The fourth-order valence-corrected chi connectivity index (χ4v) is 1.41. The highest BCUT2D eigenvalue weighted by Crippen LogP contribution is 2.21. The van der Waals surface area contributed by atoms with Crippen LogP contribution >= 0.6 is 23.2 Å². The van der Waals surface area contributed by atoms with Crippen molar-refractivity contribution in [1.29, 1.82) is 0 Å². The number of hydrogen-bond donors (Lipinski definition) is 2. The molecule has 0 atom stereocenters. The van der Waals surface area contributed by atoms with Gasteiger partial charge in [-0.2, -0.15) is 0 Å². The number of nitrogens with one attached hydrogen (secondary N) is 2. The fourth-order valence-electron chi connectivity index (χ4n) is 1.01. The Labute approximate surface area is 114 Å². The van der Waals surface area contributed by atoms with Crippen LogP contribution in [-0.2, 0) is 4.79 Å². The van der Waals surface area contributed by atoms with Crippen molar-refractivity contribution < 1.29 is 9.59 Å². The minimum absolute atomic E-state index is 0.0924. The number of aromatic nitrogens is 1. The highest BCUT2D eigenvalue weighted by atomic mass is 35.5. The molecule has 0 bridgehead atoms. The summed E-state index contributed by atoms with van der Waals surface area (Å²) in [4.78, 5) is 27.8. The third-order valence-corrected chi connectivity index (χ3v) is 2.39. The van der Waals surface area contributed by atoms with Crippen LogP contribution in [-0.4, -0.2) is 42.5 Å². The highest BCUT2D eigenvalue weighted by molar-refractivity contribution is 6.34. The standard InChI is InChI=1S/C10H12Cl2N4O2/c1-16(2)10(18)13-5-8(17)14-6-3-4-7(11)15-9(6)12/h3-4H,5H2,1-2H3,(H,13,18)(H,14,17). The molecule has 1 aromatic heterocycles. The van der Waals surface area contributed by atoms with E-state index < -0.39 is 5.91 Å². The van der Waals surface area contributed by atoms with Crippen LogP contribution in [0.25, 0.3) is 0 Å². The van der Waals surface area contributed by atoms with Crippen molar-refractivity contribution in [2.45, 2.75) is 0 Å². The zero-order valence-corrected chi connectivity index (χ0v) is 11.3. The number of amides is 3. The fraction of sp³-hybridized carbons (Fsp3) is 0.300. The summed E-state index contributed by atoms with van der Waals surface area (Å²) in [5.41, 5.74) is 0.338. The number of anilines is 1. The van der Waals surface area contributed by atoms with Crippen LogP contribution in [0, 0.1) is 0 Å². The van der Waals surface area contributed by atoms with E-state index in [1.807, 2.05) is 0 Å². The van der Waals surface area contributed by atoms with Gasteiger partial charge in [-0.3, -0.25) is 4.79 Å². The van der Waals surface area contributed by atoms with Gasteiger partial charge in [0.15, 0.2) is 5.15 Å². The Bertz CT molecular complexity index is 465. The van der Waals surface area contributed by atoms with Gasteiger partial charge in [0, 0.05) is 14.1 Å².